The summed E-state index contributed by atoms with van der Waals surface area (Å²) < 4.78 is 7.41. The molecule has 29 heavy (non-hydrogen) atoms. The molecule has 1 atom stereocenters. The van der Waals surface area contributed by atoms with Crippen molar-refractivity contribution in [2.45, 2.75) is 53.6 Å². The maximum absolute atomic E-state index is 13.0. The summed E-state index contributed by atoms with van der Waals surface area (Å²) in [6, 6.07) is 12.0. The van der Waals surface area contributed by atoms with Crippen molar-refractivity contribution in [2.75, 3.05) is 20.3 Å². The average molecular weight is 419 g/mol. The van der Waals surface area contributed by atoms with E-state index in [0.29, 0.717) is 38.6 Å². The quantitative estimate of drug-likeness (QED) is 0.501. The van der Waals surface area contributed by atoms with Crippen LogP contribution in [0.15, 0.2) is 42.6 Å². The second kappa shape index (κ2) is 10.8. The summed E-state index contributed by atoms with van der Waals surface area (Å²) in [5, 5.41) is 0.760. The van der Waals surface area contributed by atoms with Gasteiger partial charge in [0.25, 0.3) is 0 Å². The van der Waals surface area contributed by atoms with Crippen molar-refractivity contribution in [1.29, 1.82) is 0 Å². The van der Waals surface area contributed by atoms with Crippen LogP contribution in [-0.4, -0.2) is 35.6 Å². The Balaban J connectivity index is 2.09. The fraction of sp³-hybridized carbons (Fsp3) is 0.542. The highest BCUT2D eigenvalue weighted by Crippen LogP contribution is 2.26. The number of rotatable bonds is 10. The zero-order valence-electron chi connectivity index (χ0n) is 18.5. The lowest BCUT2D eigenvalue weighted by molar-refractivity contribution is -0.133. The third-order valence-electron chi connectivity index (χ3n) is 4.98. The van der Waals surface area contributed by atoms with Crippen LogP contribution in [0, 0.1) is 11.3 Å². The van der Waals surface area contributed by atoms with E-state index in [1.165, 1.54) is 0 Å². The van der Waals surface area contributed by atoms with Crippen LogP contribution in [0.2, 0.25) is 5.02 Å². The Morgan fingerprint density at radius 3 is 2.59 bits per heavy atom. The molecule has 0 unspecified atom stereocenters. The number of ether oxygens (including phenoxy) is 1. The van der Waals surface area contributed by atoms with Crippen LogP contribution >= 0.6 is 11.6 Å². The standard InChI is InChI=1S/C24H35ClN2O2/c1-19(16-24(2,3)4)15-23(28)27(13-14-29-5)18-21-10-8-12-26(21)17-20-9-6-7-11-22(20)25/h6-12,19H,13-18H2,1-5H3/t19-/m1/s1. The third kappa shape index (κ3) is 7.87. The largest absolute Gasteiger partial charge is 0.383 e. The molecule has 0 aliphatic carbocycles. The highest BCUT2D eigenvalue weighted by atomic mass is 35.5. The van der Waals surface area contributed by atoms with Crippen LogP contribution in [0.4, 0.5) is 0 Å². The van der Waals surface area contributed by atoms with E-state index in [0.717, 1.165) is 22.7 Å². The van der Waals surface area contributed by atoms with E-state index < -0.39 is 0 Å². The third-order valence-corrected chi connectivity index (χ3v) is 5.35. The van der Waals surface area contributed by atoms with Gasteiger partial charge < -0.3 is 14.2 Å². The Hall–Kier alpha value is -1.78. The molecule has 0 aliphatic heterocycles. The Bertz CT molecular complexity index is 779. The second-order valence-corrected chi connectivity index (χ2v) is 9.51. The smallest absolute Gasteiger partial charge is 0.223 e. The van der Waals surface area contributed by atoms with Crippen LogP contribution < -0.4 is 0 Å². The molecule has 0 N–H and O–H groups in total. The van der Waals surface area contributed by atoms with Crippen molar-refractivity contribution in [2.24, 2.45) is 11.3 Å². The summed E-state index contributed by atoms with van der Waals surface area (Å²) in [6.07, 6.45) is 3.63. The van der Waals surface area contributed by atoms with E-state index in [1.54, 1.807) is 7.11 Å². The lowest BCUT2D eigenvalue weighted by Crippen LogP contribution is -2.35. The van der Waals surface area contributed by atoms with E-state index in [1.807, 2.05) is 41.4 Å². The number of carbonyl (C=O) groups is 1. The summed E-state index contributed by atoms with van der Waals surface area (Å²) in [5.41, 5.74) is 2.39. The lowest BCUT2D eigenvalue weighted by atomic mass is 9.84. The Morgan fingerprint density at radius 2 is 1.93 bits per heavy atom. The highest BCUT2D eigenvalue weighted by molar-refractivity contribution is 6.31. The molecule has 0 saturated heterocycles. The number of aromatic nitrogens is 1. The first-order valence-corrected chi connectivity index (χ1v) is 10.7. The summed E-state index contributed by atoms with van der Waals surface area (Å²) in [4.78, 5) is 15.0. The molecule has 160 valence electrons. The second-order valence-electron chi connectivity index (χ2n) is 9.10. The topological polar surface area (TPSA) is 34.5 Å². The van der Waals surface area contributed by atoms with Gasteiger partial charge in [-0.2, -0.15) is 0 Å². The van der Waals surface area contributed by atoms with Crippen LogP contribution in [0.1, 0.15) is 51.8 Å². The minimum Gasteiger partial charge on any atom is -0.383 e. The first-order chi connectivity index (χ1) is 13.7. The van der Waals surface area contributed by atoms with E-state index in [-0.39, 0.29) is 11.3 Å². The van der Waals surface area contributed by atoms with Crippen molar-refractivity contribution in [1.82, 2.24) is 9.47 Å². The number of benzene rings is 1. The van der Waals surface area contributed by atoms with Crippen molar-refractivity contribution in [3.63, 3.8) is 0 Å². The lowest BCUT2D eigenvalue weighted by Gasteiger charge is -2.27. The molecule has 0 radical (unpaired) electrons. The van der Waals surface area contributed by atoms with E-state index in [2.05, 4.69) is 38.3 Å². The normalized spacial score (nSPS) is 12.8. The summed E-state index contributed by atoms with van der Waals surface area (Å²) >= 11 is 6.33. The van der Waals surface area contributed by atoms with E-state index in [9.17, 15) is 4.79 Å². The summed E-state index contributed by atoms with van der Waals surface area (Å²) in [6.45, 7) is 11.2. The number of amides is 1. The number of nitrogens with zero attached hydrogens (tertiary/aromatic N) is 2. The Morgan fingerprint density at radius 1 is 1.21 bits per heavy atom. The number of carbonyl (C=O) groups excluding carboxylic acids is 1. The zero-order chi connectivity index (χ0) is 21.4. The van der Waals surface area contributed by atoms with Gasteiger partial charge in [-0.25, -0.2) is 0 Å². The molecule has 2 aromatic rings. The molecule has 5 heteroatoms. The van der Waals surface area contributed by atoms with Crippen LogP contribution in [0.3, 0.4) is 0 Å². The highest BCUT2D eigenvalue weighted by Gasteiger charge is 2.22. The summed E-state index contributed by atoms with van der Waals surface area (Å²) in [5.74, 6) is 0.534. The Labute approximate surface area is 180 Å². The van der Waals surface area contributed by atoms with Crippen molar-refractivity contribution in [3.8, 4) is 0 Å². The Kier molecular flexibility index (Phi) is 8.79. The minimum absolute atomic E-state index is 0.185. The number of hydrogen-bond donors (Lipinski definition) is 0. The molecule has 0 spiro atoms. The first kappa shape index (κ1) is 23.5. The predicted octanol–water partition coefficient (Wildman–Crippen LogP) is 5.63. The monoisotopic (exact) mass is 418 g/mol. The molecule has 1 heterocycles. The molecule has 2 rings (SSSR count). The average Bonchev–Trinajstić information content (AvgIpc) is 3.05. The molecular weight excluding hydrogens is 384 g/mol. The molecule has 0 bridgehead atoms. The SMILES string of the molecule is COCCN(Cc1cccn1Cc1ccccc1Cl)C(=O)C[C@@H](C)CC(C)(C)C. The van der Waals surface area contributed by atoms with Gasteiger partial charge in [-0.3, -0.25) is 4.79 Å². The van der Waals surface area contributed by atoms with E-state index >= 15 is 0 Å². The van der Waals surface area contributed by atoms with Gasteiger partial charge in [0.2, 0.25) is 5.91 Å². The molecule has 0 saturated carbocycles. The van der Waals surface area contributed by atoms with Gasteiger partial charge in [0, 0.05) is 43.5 Å². The van der Waals surface area contributed by atoms with Crippen LogP contribution in [-0.2, 0) is 22.6 Å². The van der Waals surface area contributed by atoms with Gasteiger partial charge >= 0.3 is 0 Å². The van der Waals surface area contributed by atoms with Crippen molar-refractivity contribution < 1.29 is 9.53 Å². The van der Waals surface area contributed by atoms with Crippen molar-refractivity contribution >= 4 is 17.5 Å². The van der Waals surface area contributed by atoms with Gasteiger partial charge in [0.15, 0.2) is 0 Å². The molecule has 1 aromatic heterocycles. The molecule has 0 fully saturated rings. The molecule has 1 aromatic carbocycles. The van der Waals surface area contributed by atoms with E-state index in [4.69, 9.17) is 16.3 Å². The molecule has 4 nitrogen and oxygen atoms in total. The summed E-state index contributed by atoms with van der Waals surface area (Å²) in [7, 11) is 1.67. The van der Waals surface area contributed by atoms with Gasteiger partial charge in [-0.1, -0.05) is 57.5 Å². The number of hydrogen-bond acceptors (Lipinski definition) is 2. The van der Waals surface area contributed by atoms with Gasteiger partial charge in [0.05, 0.1) is 13.2 Å². The number of methoxy groups -OCH3 is 1. The minimum atomic E-state index is 0.185. The van der Waals surface area contributed by atoms with Crippen LogP contribution in [0.25, 0.3) is 0 Å². The fourth-order valence-corrected chi connectivity index (χ4v) is 3.99. The first-order valence-electron chi connectivity index (χ1n) is 10.3. The predicted molar refractivity (Wildman–Crippen MR) is 120 cm³/mol. The van der Waals surface area contributed by atoms with Crippen molar-refractivity contribution in [3.05, 3.63) is 58.9 Å². The fourth-order valence-electron chi connectivity index (χ4n) is 3.79. The number of halogens is 1. The van der Waals surface area contributed by atoms with Gasteiger partial charge in [0.1, 0.15) is 0 Å². The van der Waals surface area contributed by atoms with Gasteiger partial charge in [-0.05, 0) is 41.5 Å². The zero-order valence-corrected chi connectivity index (χ0v) is 19.2. The maximum Gasteiger partial charge on any atom is 0.223 e. The van der Waals surface area contributed by atoms with Gasteiger partial charge in [-0.15, -0.1) is 0 Å². The maximum atomic E-state index is 13.0. The molecule has 0 aliphatic rings. The molecule has 1 amide bonds. The van der Waals surface area contributed by atoms with Crippen LogP contribution in [0.5, 0.6) is 0 Å². The molecular formula is C24H35ClN2O2.